The van der Waals surface area contributed by atoms with Gasteiger partial charge in [0.2, 0.25) is 0 Å². The van der Waals surface area contributed by atoms with Gasteiger partial charge in [0.1, 0.15) is 11.3 Å². The molecule has 0 radical (unpaired) electrons. The topological polar surface area (TPSA) is 96.8 Å². The number of carbonyl (C=O) groups excluding carboxylic acids is 3. The number of rotatable bonds is 7. The van der Waals surface area contributed by atoms with Gasteiger partial charge in [-0.25, -0.2) is 14.7 Å². The Hall–Kier alpha value is -4.87. The first-order valence-corrected chi connectivity index (χ1v) is 13.6. The molecule has 4 heterocycles. The normalized spacial score (nSPS) is 14.9. The van der Waals surface area contributed by atoms with E-state index in [2.05, 4.69) is 21.8 Å². The molecule has 6 rings (SSSR count). The molecule has 0 spiro atoms. The van der Waals surface area contributed by atoms with E-state index in [4.69, 9.17) is 16.3 Å². The molecule has 8 nitrogen and oxygen atoms in total. The SMILES string of the molecule is Cc1ccc(C(=O)CCCN2C(=O)OC(Cc3c[nH]c4c(Cl)cccc34)C2=O)cc1C#Cc1cnc2ccccn12. The number of hydrogen-bond donors (Lipinski definition) is 1. The Morgan fingerprint density at radius 2 is 2.00 bits per heavy atom. The molecule has 204 valence electrons. The van der Waals surface area contributed by atoms with Gasteiger partial charge < -0.3 is 9.72 Å². The van der Waals surface area contributed by atoms with Gasteiger partial charge in [-0.05, 0) is 54.7 Å². The number of pyridine rings is 1. The third-order valence-electron chi connectivity index (χ3n) is 7.25. The van der Waals surface area contributed by atoms with E-state index in [1.54, 1.807) is 30.6 Å². The molecule has 0 bridgehead atoms. The number of imide groups is 1. The Bertz CT molecular complexity index is 1890. The van der Waals surface area contributed by atoms with E-state index in [1.165, 1.54) is 0 Å². The smallest absolute Gasteiger partial charge is 0.417 e. The van der Waals surface area contributed by atoms with Crippen LogP contribution in [0.2, 0.25) is 5.02 Å². The van der Waals surface area contributed by atoms with Gasteiger partial charge in [0.05, 0.1) is 16.7 Å². The average molecular weight is 565 g/mol. The van der Waals surface area contributed by atoms with Crippen LogP contribution in [-0.2, 0) is 16.0 Å². The predicted octanol–water partition coefficient (Wildman–Crippen LogP) is 5.73. The lowest BCUT2D eigenvalue weighted by Crippen LogP contribution is -2.33. The van der Waals surface area contributed by atoms with E-state index >= 15 is 0 Å². The van der Waals surface area contributed by atoms with Crippen LogP contribution in [0.25, 0.3) is 16.6 Å². The molecule has 1 saturated heterocycles. The molecule has 1 unspecified atom stereocenters. The summed E-state index contributed by atoms with van der Waals surface area (Å²) in [5.74, 6) is 5.82. The summed E-state index contributed by atoms with van der Waals surface area (Å²) in [5.41, 5.74) is 5.42. The molecule has 0 aliphatic carbocycles. The van der Waals surface area contributed by atoms with E-state index < -0.39 is 18.1 Å². The second-order valence-corrected chi connectivity index (χ2v) is 10.3. The fourth-order valence-electron chi connectivity index (χ4n) is 5.00. The van der Waals surface area contributed by atoms with E-state index in [0.717, 1.165) is 43.8 Å². The third-order valence-corrected chi connectivity index (χ3v) is 7.56. The number of halogens is 1. The van der Waals surface area contributed by atoms with Gasteiger partial charge in [0.15, 0.2) is 11.9 Å². The molecular weight excluding hydrogens is 540 g/mol. The highest BCUT2D eigenvalue weighted by molar-refractivity contribution is 6.35. The molecule has 41 heavy (non-hydrogen) atoms. The zero-order chi connectivity index (χ0) is 28.5. The molecule has 2 aromatic carbocycles. The van der Waals surface area contributed by atoms with Gasteiger partial charge in [0.25, 0.3) is 5.91 Å². The van der Waals surface area contributed by atoms with Crippen LogP contribution in [0.4, 0.5) is 4.79 Å². The summed E-state index contributed by atoms with van der Waals surface area (Å²) >= 11 is 6.23. The number of imidazole rings is 1. The number of aryl methyl sites for hydroxylation is 1. The number of H-pyrrole nitrogens is 1. The van der Waals surface area contributed by atoms with Crippen LogP contribution < -0.4 is 0 Å². The van der Waals surface area contributed by atoms with Crippen molar-refractivity contribution in [1.29, 1.82) is 0 Å². The minimum absolute atomic E-state index is 0.0879. The number of Topliss-reactive ketones (excluding diaryl/α,β-unsaturated/α-hetero) is 1. The van der Waals surface area contributed by atoms with Gasteiger partial charge in [-0.1, -0.05) is 47.9 Å². The van der Waals surface area contributed by atoms with Crippen LogP contribution >= 0.6 is 11.6 Å². The molecule has 0 saturated carbocycles. The number of benzene rings is 2. The molecule has 5 aromatic rings. The van der Waals surface area contributed by atoms with E-state index in [1.807, 2.05) is 53.9 Å². The summed E-state index contributed by atoms with van der Waals surface area (Å²) in [7, 11) is 0. The molecule has 3 aromatic heterocycles. The highest BCUT2D eigenvalue weighted by Gasteiger charge is 2.40. The number of cyclic esters (lactones) is 1. The lowest BCUT2D eigenvalue weighted by atomic mass is 10.0. The van der Waals surface area contributed by atoms with Crippen molar-refractivity contribution in [2.24, 2.45) is 0 Å². The van der Waals surface area contributed by atoms with E-state index in [0.29, 0.717) is 17.0 Å². The van der Waals surface area contributed by atoms with Gasteiger partial charge in [-0.15, -0.1) is 0 Å². The van der Waals surface area contributed by atoms with Crippen LogP contribution in [0.5, 0.6) is 0 Å². The maximum atomic E-state index is 13.0. The fourth-order valence-corrected chi connectivity index (χ4v) is 5.23. The highest BCUT2D eigenvalue weighted by Crippen LogP contribution is 2.28. The quantitative estimate of drug-likeness (QED) is 0.201. The number of ether oxygens (including phenoxy) is 1. The Balaban J connectivity index is 1.08. The third kappa shape index (κ3) is 5.20. The minimum atomic E-state index is -0.915. The largest absolute Gasteiger partial charge is 0.435 e. The number of aromatic nitrogens is 3. The van der Waals surface area contributed by atoms with E-state index in [-0.39, 0.29) is 25.2 Å². The number of aromatic amines is 1. The fraction of sp³-hybridized carbons (Fsp3) is 0.188. The van der Waals surface area contributed by atoms with E-state index in [9.17, 15) is 14.4 Å². The van der Waals surface area contributed by atoms with Crippen molar-refractivity contribution in [1.82, 2.24) is 19.3 Å². The van der Waals surface area contributed by atoms with Gasteiger partial charge in [-0.3, -0.25) is 14.0 Å². The van der Waals surface area contributed by atoms with Crippen LogP contribution in [0.3, 0.4) is 0 Å². The van der Waals surface area contributed by atoms with Crippen molar-refractivity contribution in [3.05, 3.63) is 106 Å². The molecule has 1 fully saturated rings. The zero-order valence-corrected chi connectivity index (χ0v) is 22.9. The summed E-state index contributed by atoms with van der Waals surface area (Å²) in [5, 5.41) is 1.46. The van der Waals surface area contributed by atoms with Crippen LogP contribution in [0, 0.1) is 18.8 Å². The number of ketones is 1. The van der Waals surface area contributed by atoms with Crippen molar-refractivity contribution < 1.29 is 19.1 Å². The number of carbonyl (C=O) groups is 3. The maximum Gasteiger partial charge on any atom is 0.417 e. The number of nitrogens with zero attached hydrogens (tertiary/aromatic N) is 3. The Labute approximate surface area is 240 Å². The molecular formula is C32H25ClN4O4. The summed E-state index contributed by atoms with van der Waals surface area (Å²) in [6.07, 6.45) is 4.53. The second kappa shape index (κ2) is 11.0. The van der Waals surface area contributed by atoms with Crippen molar-refractivity contribution in [2.45, 2.75) is 32.3 Å². The number of para-hydroxylation sites is 1. The lowest BCUT2D eigenvalue weighted by molar-refractivity contribution is -0.129. The molecule has 1 aliphatic rings. The first-order valence-electron chi connectivity index (χ1n) is 13.2. The summed E-state index contributed by atoms with van der Waals surface area (Å²) in [4.78, 5) is 47.0. The minimum Gasteiger partial charge on any atom is -0.435 e. The first-order chi connectivity index (χ1) is 19.9. The summed E-state index contributed by atoms with van der Waals surface area (Å²) in [6, 6.07) is 16.7. The molecule has 1 aliphatic heterocycles. The lowest BCUT2D eigenvalue weighted by Gasteiger charge is -2.11. The van der Waals surface area contributed by atoms with Crippen LogP contribution in [-0.4, -0.2) is 49.7 Å². The summed E-state index contributed by atoms with van der Waals surface area (Å²) < 4.78 is 7.28. The number of fused-ring (bicyclic) bond motifs is 2. The number of amides is 2. The van der Waals surface area contributed by atoms with Crippen molar-refractivity contribution in [3.8, 4) is 11.8 Å². The van der Waals surface area contributed by atoms with Gasteiger partial charge >= 0.3 is 6.09 Å². The van der Waals surface area contributed by atoms with Crippen molar-refractivity contribution in [3.63, 3.8) is 0 Å². The van der Waals surface area contributed by atoms with Crippen molar-refractivity contribution in [2.75, 3.05) is 6.54 Å². The highest BCUT2D eigenvalue weighted by atomic mass is 35.5. The molecule has 9 heteroatoms. The van der Waals surface area contributed by atoms with Gasteiger partial charge in [0, 0.05) is 48.3 Å². The predicted molar refractivity (Wildman–Crippen MR) is 155 cm³/mol. The first kappa shape index (κ1) is 26.4. The second-order valence-electron chi connectivity index (χ2n) is 9.92. The monoisotopic (exact) mass is 564 g/mol. The molecule has 2 amide bonds. The average Bonchev–Trinajstić information content (AvgIpc) is 3.65. The maximum absolute atomic E-state index is 13.0. The van der Waals surface area contributed by atoms with Crippen LogP contribution in [0.1, 0.15) is 45.6 Å². The zero-order valence-electron chi connectivity index (χ0n) is 22.2. The number of hydrogen-bond acceptors (Lipinski definition) is 5. The summed E-state index contributed by atoms with van der Waals surface area (Å²) in [6.45, 7) is 2.05. The Morgan fingerprint density at radius 1 is 1.12 bits per heavy atom. The van der Waals surface area contributed by atoms with Gasteiger partial charge in [-0.2, -0.15) is 0 Å². The Morgan fingerprint density at radius 3 is 2.88 bits per heavy atom. The standard InChI is InChI=1S/C32H25ClN4O4/c1-20-10-11-22(16-21(20)12-13-24-19-34-29-9-2-3-14-36(24)29)27(38)8-5-15-37-31(39)28(41-32(37)40)17-23-18-35-30-25(23)6-4-7-26(30)33/h2-4,6-7,9-11,14,16,18-19,28,35H,5,8,15,17H2,1H3. The molecule has 1 N–H and O–H groups in total. The van der Waals surface area contributed by atoms with Crippen LogP contribution in [0.15, 0.2) is 73.2 Å². The Kier molecular flexibility index (Phi) is 7.04. The van der Waals surface area contributed by atoms with Crippen molar-refractivity contribution >= 4 is 45.9 Å². The number of nitrogens with one attached hydrogen (secondary N) is 1. The molecule has 1 atom stereocenters.